The van der Waals surface area contributed by atoms with Crippen LogP contribution < -0.4 is 11.1 Å². The first-order valence-corrected chi connectivity index (χ1v) is 6.48. The number of carboxylic acids is 1. The largest absolute Gasteiger partial charge is 0.478 e. The van der Waals surface area contributed by atoms with Crippen molar-refractivity contribution < 1.29 is 14.7 Å². The molecule has 1 aliphatic rings. The molecule has 5 heteroatoms. The van der Waals surface area contributed by atoms with Crippen molar-refractivity contribution in [2.45, 2.75) is 37.8 Å². The van der Waals surface area contributed by atoms with E-state index in [1.807, 2.05) is 0 Å². The third kappa shape index (κ3) is 3.32. The number of carbonyl (C=O) groups is 2. The Labute approximate surface area is 111 Å². The number of hydrogen-bond acceptors (Lipinski definition) is 3. The Kier molecular flexibility index (Phi) is 4.16. The minimum Gasteiger partial charge on any atom is -0.478 e. The van der Waals surface area contributed by atoms with Gasteiger partial charge in [-0.25, -0.2) is 4.79 Å². The molecule has 4 N–H and O–H groups in total. The molecule has 1 fully saturated rings. The van der Waals surface area contributed by atoms with Crippen LogP contribution in [-0.4, -0.2) is 29.1 Å². The van der Waals surface area contributed by atoms with E-state index >= 15 is 0 Å². The van der Waals surface area contributed by atoms with Crippen molar-refractivity contribution in [2.24, 2.45) is 5.73 Å². The van der Waals surface area contributed by atoms with Crippen molar-refractivity contribution in [3.63, 3.8) is 0 Å². The van der Waals surface area contributed by atoms with Gasteiger partial charge in [-0.3, -0.25) is 4.79 Å². The Bertz CT molecular complexity index is 487. The first kappa shape index (κ1) is 13.5. The van der Waals surface area contributed by atoms with Gasteiger partial charge in [-0.2, -0.15) is 0 Å². The number of aromatic carboxylic acids is 1. The predicted molar refractivity (Wildman–Crippen MR) is 71.1 cm³/mol. The van der Waals surface area contributed by atoms with E-state index in [0.29, 0.717) is 5.56 Å². The molecule has 1 aromatic carbocycles. The van der Waals surface area contributed by atoms with Crippen LogP contribution in [0.4, 0.5) is 0 Å². The second-order valence-electron chi connectivity index (χ2n) is 4.91. The van der Waals surface area contributed by atoms with Gasteiger partial charge in [0, 0.05) is 17.6 Å². The van der Waals surface area contributed by atoms with Gasteiger partial charge in [0.1, 0.15) is 0 Å². The van der Waals surface area contributed by atoms with Gasteiger partial charge in [0.15, 0.2) is 0 Å². The van der Waals surface area contributed by atoms with Crippen LogP contribution in [0.5, 0.6) is 0 Å². The molecule has 0 heterocycles. The lowest BCUT2D eigenvalue weighted by Crippen LogP contribution is -2.49. The molecular formula is C14H18N2O3. The average molecular weight is 262 g/mol. The quantitative estimate of drug-likeness (QED) is 0.767. The molecule has 1 aromatic rings. The first-order valence-electron chi connectivity index (χ1n) is 6.48. The maximum Gasteiger partial charge on any atom is 0.335 e. The minimum atomic E-state index is -1.04. The Morgan fingerprint density at radius 2 is 1.89 bits per heavy atom. The third-order valence-corrected chi connectivity index (χ3v) is 3.51. The Balaban J connectivity index is 2.07. The fourth-order valence-corrected chi connectivity index (χ4v) is 2.38. The lowest BCUT2D eigenvalue weighted by atomic mass is 9.91. The fourth-order valence-electron chi connectivity index (χ4n) is 2.38. The molecule has 2 unspecified atom stereocenters. The zero-order valence-corrected chi connectivity index (χ0v) is 10.6. The van der Waals surface area contributed by atoms with E-state index in [0.717, 1.165) is 25.7 Å². The van der Waals surface area contributed by atoms with E-state index in [-0.39, 0.29) is 23.6 Å². The number of nitrogens with one attached hydrogen (secondary N) is 1. The van der Waals surface area contributed by atoms with Crippen molar-refractivity contribution in [1.82, 2.24) is 5.32 Å². The molecule has 2 atom stereocenters. The smallest absolute Gasteiger partial charge is 0.335 e. The van der Waals surface area contributed by atoms with Crippen molar-refractivity contribution in [3.05, 3.63) is 35.4 Å². The fraction of sp³-hybridized carbons (Fsp3) is 0.429. The van der Waals surface area contributed by atoms with Crippen LogP contribution in [-0.2, 0) is 0 Å². The molecule has 1 saturated carbocycles. The summed E-state index contributed by atoms with van der Waals surface area (Å²) < 4.78 is 0. The van der Waals surface area contributed by atoms with Gasteiger partial charge in [-0.1, -0.05) is 18.9 Å². The SMILES string of the molecule is NC1CCCCC1NC(=O)c1cccc(C(=O)O)c1. The van der Waals surface area contributed by atoms with E-state index in [4.69, 9.17) is 10.8 Å². The summed E-state index contributed by atoms with van der Waals surface area (Å²) in [6.07, 6.45) is 3.96. The van der Waals surface area contributed by atoms with Crippen LogP contribution in [0.3, 0.4) is 0 Å². The molecule has 2 rings (SSSR count). The number of hydrogen-bond donors (Lipinski definition) is 3. The Hall–Kier alpha value is -1.88. The molecule has 0 radical (unpaired) electrons. The molecule has 1 amide bonds. The number of carboxylic acid groups (broad SMARTS) is 1. The molecule has 0 aromatic heterocycles. The van der Waals surface area contributed by atoms with Crippen LogP contribution in [0.2, 0.25) is 0 Å². The van der Waals surface area contributed by atoms with Gasteiger partial charge in [0.2, 0.25) is 0 Å². The van der Waals surface area contributed by atoms with E-state index in [9.17, 15) is 9.59 Å². The molecule has 0 aliphatic heterocycles. The van der Waals surface area contributed by atoms with Gasteiger partial charge in [-0.05, 0) is 31.0 Å². The number of rotatable bonds is 3. The summed E-state index contributed by atoms with van der Waals surface area (Å²) in [5, 5.41) is 11.8. The predicted octanol–water partition coefficient (Wildman–Crippen LogP) is 1.38. The second kappa shape index (κ2) is 5.84. The molecule has 0 spiro atoms. The van der Waals surface area contributed by atoms with Crippen molar-refractivity contribution >= 4 is 11.9 Å². The van der Waals surface area contributed by atoms with Crippen LogP contribution in [0.15, 0.2) is 24.3 Å². The second-order valence-corrected chi connectivity index (χ2v) is 4.91. The summed E-state index contributed by atoms with van der Waals surface area (Å²) >= 11 is 0. The lowest BCUT2D eigenvalue weighted by Gasteiger charge is -2.29. The average Bonchev–Trinajstić information content (AvgIpc) is 2.41. The topological polar surface area (TPSA) is 92.4 Å². The zero-order valence-electron chi connectivity index (χ0n) is 10.6. The summed E-state index contributed by atoms with van der Waals surface area (Å²) in [4.78, 5) is 22.9. The van der Waals surface area contributed by atoms with E-state index in [1.54, 1.807) is 12.1 Å². The Morgan fingerprint density at radius 1 is 1.21 bits per heavy atom. The maximum atomic E-state index is 12.1. The summed E-state index contributed by atoms with van der Waals surface area (Å²) in [7, 11) is 0. The standard InChI is InChI=1S/C14H18N2O3/c15-11-6-1-2-7-12(11)16-13(17)9-4-3-5-10(8-9)14(18)19/h3-5,8,11-12H,1-2,6-7,15H2,(H,16,17)(H,18,19). The van der Waals surface area contributed by atoms with Gasteiger partial charge in [0.25, 0.3) is 5.91 Å². The van der Waals surface area contributed by atoms with Crippen molar-refractivity contribution in [2.75, 3.05) is 0 Å². The van der Waals surface area contributed by atoms with E-state index < -0.39 is 5.97 Å². The van der Waals surface area contributed by atoms with Crippen molar-refractivity contribution in [1.29, 1.82) is 0 Å². The van der Waals surface area contributed by atoms with Crippen LogP contribution in [0.1, 0.15) is 46.4 Å². The maximum absolute atomic E-state index is 12.1. The molecular weight excluding hydrogens is 244 g/mol. The molecule has 5 nitrogen and oxygen atoms in total. The zero-order chi connectivity index (χ0) is 13.8. The summed E-state index contributed by atoms with van der Waals surface area (Å²) in [6, 6.07) is 5.99. The number of benzene rings is 1. The molecule has 19 heavy (non-hydrogen) atoms. The van der Waals surface area contributed by atoms with E-state index in [1.165, 1.54) is 12.1 Å². The van der Waals surface area contributed by atoms with Gasteiger partial charge in [-0.15, -0.1) is 0 Å². The lowest BCUT2D eigenvalue weighted by molar-refractivity contribution is 0.0697. The highest BCUT2D eigenvalue weighted by atomic mass is 16.4. The van der Waals surface area contributed by atoms with E-state index in [2.05, 4.69) is 5.32 Å². The molecule has 0 bridgehead atoms. The summed E-state index contributed by atoms with van der Waals surface area (Å²) in [5.74, 6) is -1.30. The Morgan fingerprint density at radius 3 is 2.58 bits per heavy atom. The van der Waals surface area contributed by atoms with Gasteiger partial charge in [0.05, 0.1) is 5.56 Å². The highest BCUT2D eigenvalue weighted by Crippen LogP contribution is 2.17. The highest BCUT2D eigenvalue weighted by molar-refractivity contribution is 5.97. The summed E-state index contributed by atoms with van der Waals surface area (Å²) in [6.45, 7) is 0. The minimum absolute atomic E-state index is 0.0136. The van der Waals surface area contributed by atoms with Gasteiger partial charge >= 0.3 is 5.97 Å². The molecule has 1 aliphatic carbocycles. The normalized spacial score (nSPS) is 22.8. The monoisotopic (exact) mass is 262 g/mol. The van der Waals surface area contributed by atoms with Crippen LogP contribution >= 0.6 is 0 Å². The van der Waals surface area contributed by atoms with Crippen molar-refractivity contribution in [3.8, 4) is 0 Å². The highest BCUT2D eigenvalue weighted by Gasteiger charge is 2.23. The molecule has 0 saturated heterocycles. The van der Waals surface area contributed by atoms with Gasteiger partial charge < -0.3 is 16.2 Å². The van der Waals surface area contributed by atoms with Crippen LogP contribution in [0, 0.1) is 0 Å². The molecule has 102 valence electrons. The number of amides is 1. The first-order chi connectivity index (χ1) is 9.08. The number of carbonyl (C=O) groups excluding carboxylic acids is 1. The third-order valence-electron chi connectivity index (χ3n) is 3.51. The summed E-state index contributed by atoms with van der Waals surface area (Å²) in [5.41, 5.74) is 6.45. The van der Waals surface area contributed by atoms with Crippen LogP contribution in [0.25, 0.3) is 0 Å². The number of nitrogens with two attached hydrogens (primary N) is 1.